The van der Waals surface area contributed by atoms with Crippen molar-refractivity contribution < 1.29 is 27.1 Å². The van der Waals surface area contributed by atoms with Gasteiger partial charge in [-0.2, -0.15) is 0 Å². The SMILES string of the molecule is O=C(CN(C(=O)CNS(=O)(=O)c1ccc(F)cc1)c1ccc(Cl)cc1)NC[C@H]1CCCO1. The Kier molecular flexibility index (Phi) is 8.19. The Morgan fingerprint density at radius 2 is 1.81 bits per heavy atom. The van der Waals surface area contributed by atoms with Crippen molar-refractivity contribution in [1.82, 2.24) is 10.0 Å². The Balaban J connectivity index is 1.67. The number of rotatable bonds is 9. The van der Waals surface area contributed by atoms with Gasteiger partial charge in [0.25, 0.3) is 0 Å². The number of carbonyl (C=O) groups excluding carboxylic acids is 2. The molecule has 32 heavy (non-hydrogen) atoms. The van der Waals surface area contributed by atoms with Gasteiger partial charge < -0.3 is 15.0 Å². The zero-order valence-electron chi connectivity index (χ0n) is 17.1. The molecule has 1 heterocycles. The molecule has 2 aromatic rings. The van der Waals surface area contributed by atoms with E-state index < -0.39 is 34.2 Å². The van der Waals surface area contributed by atoms with Crippen LogP contribution in [0.25, 0.3) is 0 Å². The van der Waals surface area contributed by atoms with Gasteiger partial charge in [0.1, 0.15) is 12.4 Å². The molecule has 1 saturated heterocycles. The van der Waals surface area contributed by atoms with Gasteiger partial charge in [0, 0.05) is 23.9 Å². The van der Waals surface area contributed by atoms with E-state index in [1.165, 1.54) is 0 Å². The van der Waals surface area contributed by atoms with Crippen LogP contribution in [0, 0.1) is 5.82 Å². The number of sulfonamides is 1. The van der Waals surface area contributed by atoms with Gasteiger partial charge in [0.05, 0.1) is 17.5 Å². The number of amides is 2. The Bertz CT molecular complexity index is 1040. The average Bonchev–Trinajstić information content (AvgIpc) is 3.29. The normalized spacial score (nSPS) is 16.0. The Hall–Kier alpha value is -2.53. The summed E-state index contributed by atoms with van der Waals surface area (Å²) in [6, 6.07) is 10.4. The van der Waals surface area contributed by atoms with Crippen molar-refractivity contribution in [3.63, 3.8) is 0 Å². The van der Waals surface area contributed by atoms with Crippen LogP contribution in [0.3, 0.4) is 0 Å². The van der Waals surface area contributed by atoms with Crippen molar-refractivity contribution in [2.75, 3.05) is 31.1 Å². The molecular weight excluding hydrogens is 461 g/mol. The summed E-state index contributed by atoms with van der Waals surface area (Å²) in [6.45, 7) is 0.0790. The largest absolute Gasteiger partial charge is 0.376 e. The molecule has 0 unspecified atom stereocenters. The fourth-order valence-corrected chi connectivity index (χ4v) is 4.23. The van der Waals surface area contributed by atoms with Gasteiger partial charge in [-0.05, 0) is 61.4 Å². The molecule has 0 radical (unpaired) electrons. The molecule has 1 atom stereocenters. The minimum Gasteiger partial charge on any atom is -0.376 e. The molecule has 0 saturated carbocycles. The third-order valence-electron chi connectivity index (χ3n) is 4.83. The molecule has 11 heteroatoms. The lowest BCUT2D eigenvalue weighted by Gasteiger charge is -2.23. The van der Waals surface area contributed by atoms with E-state index in [1.54, 1.807) is 24.3 Å². The van der Waals surface area contributed by atoms with Crippen LogP contribution in [-0.2, 0) is 24.3 Å². The Morgan fingerprint density at radius 3 is 2.44 bits per heavy atom. The Morgan fingerprint density at radius 1 is 1.12 bits per heavy atom. The van der Waals surface area contributed by atoms with E-state index in [0.29, 0.717) is 23.9 Å². The highest BCUT2D eigenvalue weighted by atomic mass is 35.5. The van der Waals surface area contributed by atoms with Gasteiger partial charge in [-0.15, -0.1) is 0 Å². The number of ether oxygens (including phenoxy) is 1. The number of carbonyl (C=O) groups is 2. The monoisotopic (exact) mass is 483 g/mol. The first-order valence-corrected chi connectivity index (χ1v) is 11.8. The molecule has 2 amide bonds. The number of halogens is 2. The number of anilines is 1. The van der Waals surface area contributed by atoms with Crippen molar-refractivity contribution in [2.24, 2.45) is 0 Å². The smallest absolute Gasteiger partial charge is 0.242 e. The fourth-order valence-electron chi connectivity index (χ4n) is 3.13. The van der Waals surface area contributed by atoms with Crippen molar-refractivity contribution in [1.29, 1.82) is 0 Å². The van der Waals surface area contributed by atoms with E-state index in [1.807, 2.05) is 0 Å². The van der Waals surface area contributed by atoms with Gasteiger partial charge >= 0.3 is 0 Å². The van der Waals surface area contributed by atoms with E-state index in [4.69, 9.17) is 16.3 Å². The van der Waals surface area contributed by atoms with Crippen LogP contribution in [-0.4, -0.2) is 52.6 Å². The quantitative estimate of drug-likeness (QED) is 0.568. The summed E-state index contributed by atoms with van der Waals surface area (Å²) in [7, 11) is -4.05. The van der Waals surface area contributed by atoms with E-state index in [9.17, 15) is 22.4 Å². The maximum absolute atomic E-state index is 13.1. The first-order valence-electron chi connectivity index (χ1n) is 9.94. The third-order valence-corrected chi connectivity index (χ3v) is 6.50. The van der Waals surface area contributed by atoms with Crippen LogP contribution >= 0.6 is 11.6 Å². The minimum atomic E-state index is -4.05. The van der Waals surface area contributed by atoms with Crippen molar-refractivity contribution >= 4 is 39.1 Å². The van der Waals surface area contributed by atoms with Gasteiger partial charge in [0.15, 0.2) is 0 Å². The molecule has 8 nitrogen and oxygen atoms in total. The summed E-state index contributed by atoms with van der Waals surface area (Å²) in [5.74, 6) is -1.64. The summed E-state index contributed by atoms with van der Waals surface area (Å²) >= 11 is 5.91. The van der Waals surface area contributed by atoms with Crippen molar-refractivity contribution in [3.05, 3.63) is 59.4 Å². The molecule has 1 aliphatic rings. The topological polar surface area (TPSA) is 105 Å². The maximum Gasteiger partial charge on any atom is 0.242 e. The predicted molar refractivity (Wildman–Crippen MR) is 117 cm³/mol. The molecule has 0 bridgehead atoms. The summed E-state index contributed by atoms with van der Waals surface area (Å²) in [5, 5.41) is 3.18. The lowest BCUT2D eigenvalue weighted by atomic mass is 10.2. The van der Waals surface area contributed by atoms with Crippen molar-refractivity contribution in [3.8, 4) is 0 Å². The van der Waals surface area contributed by atoms with Crippen LogP contribution in [0.15, 0.2) is 53.4 Å². The Labute approximate surface area is 190 Å². The summed E-state index contributed by atoms with van der Waals surface area (Å²) in [6.07, 6.45) is 1.73. The molecule has 0 aliphatic carbocycles. The van der Waals surface area contributed by atoms with E-state index in [2.05, 4.69) is 10.0 Å². The maximum atomic E-state index is 13.1. The summed E-state index contributed by atoms with van der Waals surface area (Å²) < 4.78 is 45.5. The predicted octanol–water partition coefficient (Wildman–Crippen LogP) is 2.09. The number of benzene rings is 2. The van der Waals surface area contributed by atoms with Gasteiger partial charge in [-0.1, -0.05) is 11.6 Å². The summed E-state index contributed by atoms with van der Waals surface area (Å²) in [5.41, 5.74) is 0.382. The highest BCUT2D eigenvalue weighted by molar-refractivity contribution is 7.89. The highest BCUT2D eigenvalue weighted by Gasteiger charge is 2.23. The minimum absolute atomic E-state index is 0.0545. The van der Waals surface area contributed by atoms with E-state index in [-0.39, 0.29) is 17.5 Å². The molecule has 2 N–H and O–H groups in total. The van der Waals surface area contributed by atoms with Gasteiger partial charge in [0.2, 0.25) is 21.8 Å². The summed E-state index contributed by atoms with van der Waals surface area (Å²) in [4.78, 5) is 26.3. The van der Waals surface area contributed by atoms with Crippen LogP contribution < -0.4 is 14.9 Å². The van der Waals surface area contributed by atoms with Crippen LogP contribution in [0.2, 0.25) is 5.02 Å². The fraction of sp³-hybridized carbons (Fsp3) is 0.333. The first-order chi connectivity index (χ1) is 15.2. The second-order valence-electron chi connectivity index (χ2n) is 7.17. The third kappa shape index (κ3) is 6.73. The molecule has 172 valence electrons. The highest BCUT2D eigenvalue weighted by Crippen LogP contribution is 2.18. The molecule has 1 aliphatic heterocycles. The van der Waals surface area contributed by atoms with Crippen LogP contribution in [0.5, 0.6) is 0 Å². The molecule has 3 rings (SSSR count). The lowest BCUT2D eigenvalue weighted by Crippen LogP contribution is -2.46. The lowest BCUT2D eigenvalue weighted by molar-refractivity contribution is -0.123. The molecule has 1 fully saturated rings. The van der Waals surface area contributed by atoms with E-state index in [0.717, 1.165) is 42.0 Å². The zero-order chi connectivity index (χ0) is 23.1. The average molecular weight is 484 g/mol. The van der Waals surface area contributed by atoms with Gasteiger partial charge in [-0.25, -0.2) is 17.5 Å². The number of nitrogens with one attached hydrogen (secondary N) is 2. The zero-order valence-corrected chi connectivity index (χ0v) is 18.7. The van der Waals surface area contributed by atoms with Crippen LogP contribution in [0.4, 0.5) is 10.1 Å². The number of hydrogen-bond donors (Lipinski definition) is 2. The second kappa shape index (κ2) is 10.9. The molecule has 0 aromatic heterocycles. The van der Waals surface area contributed by atoms with Crippen LogP contribution in [0.1, 0.15) is 12.8 Å². The molecule has 2 aromatic carbocycles. The standard InChI is InChI=1S/C21H23ClFN3O5S/c22-15-3-7-17(8-4-15)26(14-20(27)24-12-18-2-1-11-31-18)21(28)13-25-32(29,30)19-9-5-16(23)6-10-19/h3-10,18,25H,1-2,11-14H2,(H,24,27)/t18-/m1/s1. The molecule has 0 spiro atoms. The molecular formula is C21H23ClFN3O5S. The number of nitrogens with zero attached hydrogens (tertiary/aromatic N) is 1. The van der Waals surface area contributed by atoms with E-state index >= 15 is 0 Å². The first kappa shape index (κ1) is 24.1. The number of hydrogen-bond acceptors (Lipinski definition) is 5. The second-order valence-corrected chi connectivity index (χ2v) is 9.38. The van der Waals surface area contributed by atoms with Crippen molar-refractivity contribution in [2.45, 2.75) is 23.8 Å². The van der Waals surface area contributed by atoms with Gasteiger partial charge in [-0.3, -0.25) is 9.59 Å².